The highest BCUT2D eigenvalue weighted by Crippen LogP contribution is 2.25. The first-order valence-corrected chi connectivity index (χ1v) is 7.76. The Balaban J connectivity index is 1.65. The first-order valence-electron chi connectivity index (χ1n) is 7.76. The Morgan fingerprint density at radius 1 is 1.18 bits per heavy atom. The Bertz CT molecular complexity index is 603. The Morgan fingerprint density at radius 3 is 2.73 bits per heavy atom. The van der Waals surface area contributed by atoms with Crippen molar-refractivity contribution >= 4 is 11.5 Å². The van der Waals surface area contributed by atoms with Crippen LogP contribution in [0.25, 0.3) is 0 Å². The van der Waals surface area contributed by atoms with Gasteiger partial charge in [-0.2, -0.15) is 0 Å². The van der Waals surface area contributed by atoms with Gasteiger partial charge in [-0.3, -0.25) is 0 Å². The van der Waals surface area contributed by atoms with E-state index in [0.29, 0.717) is 11.9 Å². The number of nitrogens with one attached hydrogen (secondary N) is 1. The van der Waals surface area contributed by atoms with E-state index < -0.39 is 0 Å². The monoisotopic (exact) mass is 298 g/mol. The zero-order valence-electron chi connectivity index (χ0n) is 13.1. The van der Waals surface area contributed by atoms with Gasteiger partial charge in [-0.1, -0.05) is 18.2 Å². The summed E-state index contributed by atoms with van der Waals surface area (Å²) in [6.45, 7) is 5.99. The number of benzene rings is 1. The average molecular weight is 298 g/mol. The van der Waals surface area contributed by atoms with Crippen LogP contribution in [0.3, 0.4) is 0 Å². The molecule has 0 saturated carbocycles. The predicted octanol–water partition coefficient (Wildman–Crippen LogP) is 2.95. The second-order valence-corrected chi connectivity index (χ2v) is 5.79. The van der Waals surface area contributed by atoms with E-state index in [2.05, 4.69) is 44.5 Å². The van der Waals surface area contributed by atoms with Gasteiger partial charge in [-0.25, -0.2) is 9.97 Å². The maximum Gasteiger partial charge on any atom is 0.257 e. The van der Waals surface area contributed by atoms with Crippen molar-refractivity contribution in [2.24, 2.45) is 0 Å². The third-order valence-corrected chi connectivity index (χ3v) is 3.66. The third-order valence-electron chi connectivity index (χ3n) is 3.66. The van der Waals surface area contributed by atoms with Crippen molar-refractivity contribution in [1.82, 2.24) is 9.97 Å². The second kappa shape index (κ2) is 6.64. The molecule has 3 rings (SSSR count). The fraction of sp³-hybridized carbons (Fsp3) is 0.412. The molecule has 5 heteroatoms. The molecular weight excluding hydrogens is 276 g/mol. The molecular formula is C17H22N4O. The minimum atomic E-state index is 0.0849. The summed E-state index contributed by atoms with van der Waals surface area (Å²) in [6.07, 6.45) is 4.52. The van der Waals surface area contributed by atoms with Crippen molar-refractivity contribution in [3.63, 3.8) is 0 Å². The van der Waals surface area contributed by atoms with Crippen LogP contribution in [0.2, 0.25) is 0 Å². The fourth-order valence-corrected chi connectivity index (χ4v) is 2.68. The van der Waals surface area contributed by atoms with Crippen molar-refractivity contribution < 1.29 is 4.74 Å². The maximum atomic E-state index is 5.72. The molecule has 1 aliphatic rings. The molecule has 0 aliphatic carbocycles. The molecule has 1 atom stereocenters. The first-order chi connectivity index (χ1) is 10.7. The largest absolute Gasteiger partial charge is 0.472 e. The maximum absolute atomic E-state index is 5.72. The van der Waals surface area contributed by atoms with Crippen LogP contribution in [0.15, 0.2) is 42.7 Å². The van der Waals surface area contributed by atoms with Gasteiger partial charge in [-0.05, 0) is 32.4 Å². The molecule has 1 unspecified atom stereocenters. The fourth-order valence-electron chi connectivity index (χ4n) is 2.68. The molecule has 0 amide bonds. The molecule has 1 fully saturated rings. The molecule has 5 nitrogen and oxygen atoms in total. The molecule has 0 spiro atoms. The van der Waals surface area contributed by atoms with Gasteiger partial charge in [0.05, 0.1) is 6.10 Å². The Hall–Kier alpha value is -2.30. The highest BCUT2D eigenvalue weighted by Gasteiger charge is 2.24. The molecule has 22 heavy (non-hydrogen) atoms. The molecule has 2 aromatic rings. The van der Waals surface area contributed by atoms with Crippen LogP contribution in [0.5, 0.6) is 5.88 Å². The Kier molecular flexibility index (Phi) is 4.42. The average Bonchev–Trinajstić information content (AvgIpc) is 2.98. The summed E-state index contributed by atoms with van der Waals surface area (Å²) in [6, 6.07) is 10.9. The van der Waals surface area contributed by atoms with E-state index in [-0.39, 0.29) is 6.10 Å². The summed E-state index contributed by atoms with van der Waals surface area (Å²) < 4.78 is 5.72. The van der Waals surface area contributed by atoms with Crippen molar-refractivity contribution in [2.75, 3.05) is 23.3 Å². The van der Waals surface area contributed by atoms with Gasteiger partial charge in [0.15, 0.2) is 5.82 Å². The van der Waals surface area contributed by atoms with Crippen LogP contribution in [0.4, 0.5) is 11.5 Å². The number of anilines is 2. The molecule has 0 bridgehead atoms. The summed E-state index contributed by atoms with van der Waals surface area (Å²) in [5.74, 6) is 1.31. The minimum absolute atomic E-state index is 0.0849. The summed E-state index contributed by atoms with van der Waals surface area (Å²) in [5, 5.41) is 3.47. The first kappa shape index (κ1) is 14.6. The minimum Gasteiger partial charge on any atom is -0.472 e. The Morgan fingerprint density at radius 2 is 1.95 bits per heavy atom. The lowest BCUT2D eigenvalue weighted by Gasteiger charge is -2.20. The van der Waals surface area contributed by atoms with E-state index >= 15 is 0 Å². The van der Waals surface area contributed by atoms with Crippen LogP contribution in [0, 0.1) is 0 Å². The van der Waals surface area contributed by atoms with E-state index in [4.69, 9.17) is 4.74 Å². The third kappa shape index (κ3) is 3.47. The quantitative estimate of drug-likeness (QED) is 0.919. The lowest BCUT2D eigenvalue weighted by atomic mass is 10.2. The second-order valence-electron chi connectivity index (χ2n) is 5.79. The van der Waals surface area contributed by atoms with E-state index in [1.54, 1.807) is 12.4 Å². The number of hydrogen-bond donors (Lipinski definition) is 1. The summed E-state index contributed by atoms with van der Waals surface area (Å²) in [4.78, 5) is 11.0. The van der Waals surface area contributed by atoms with Crippen LogP contribution in [0.1, 0.15) is 20.3 Å². The van der Waals surface area contributed by atoms with Crippen molar-refractivity contribution in [3.8, 4) is 5.88 Å². The highest BCUT2D eigenvalue weighted by molar-refractivity contribution is 5.50. The van der Waals surface area contributed by atoms with Gasteiger partial charge in [0.2, 0.25) is 0 Å². The molecule has 2 heterocycles. The van der Waals surface area contributed by atoms with E-state index in [1.807, 2.05) is 19.9 Å². The zero-order valence-corrected chi connectivity index (χ0v) is 13.1. The smallest absolute Gasteiger partial charge is 0.257 e. The van der Waals surface area contributed by atoms with Crippen LogP contribution in [-0.4, -0.2) is 35.2 Å². The predicted molar refractivity (Wildman–Crippen MR) is 88.5 cm³/mol. The topological polar surface area (TPSA) is 50.3 Å². The Labute approximate surface area is 131 Å². The molecule has 0 radical (unpaired) electrons. The summed E-state index contributed by atoms with van der Waals surface area (Å²) >= 11 is 0. The van der Waals surface area contributed by atoms with E-state index in [1.165, 1.54) is 5.69 Å². The molecule has 1 aromatic carbocycles. The highest BCUT2D eigenvalue weighted by atomic mass is 16.5. The van der Waals surface area contributed by atoms with Crippen molar-refractivity contribution in [1.29, 1.82) is 0 Å². The molecule has 1 saturated heterocycles. The van der Waals surface area contributed by atoms with Gasteiger partial charge in [0.25, 0.3) is 5.88 Å². The summed E-state index contributed by atoms with van der Waals surface area (Å²) in [7, 11) is 0. The lowest BCUT2D eigenvalue weighted by Crippen LogP contribution is -2.26. The van der Waals surface area contributed by atoms with Crippen LogP contribution < -0.4 is 15.0 Å². The number of para-hydroxylation sites is 1. The molecule has 1 aliphatic heterocycles. The number of rotatable bonds is 5. The SMILES string of the molecule is CC(C)Oc1nccnc1NC1CCN(c2ccccc2)C1. The summed E-state index contributed by atoms with van der Waals surface area (Å²) in [5.41, 5.74) is 1.27. The number of nitrogens with zero attached hydrogens (tertiary/aromatic N) is 3. The van der Waals surface area contributed by atoms with Gasteiger partial charge < -0.3 is 15.0 Å². The van der Waals surface area contributed by atoms with Crippen LogP contribution >= 0.6 is 0 Å². The molecule has 1 N–H and O–H groups in total. The van der Waals surface area contributed by atoms with Gasteiger partial charge in [-0.15, -0.1) is 0 Å². The van der Waals surface area contributed by atoms with E-state index in [9.17, 15) is 0 Å². The zero-order chi connectivity index (χ0) is 15.4. The standard InChI is InChI=1S/C17H22N4O/c1-13(2)22-17-16(18-9-10-19-17)20-14-8-11-21(12-14)15-6-4-3-5-7-15/h3-7,9-10,13-14H,8,11-12H2,1-2H3,(H,18,20). The van der Waals surface area contributed by atoms with Crippen molar-refractivity contribution in [3.05, 3.63) is 42.7 Å². The van der Waals surface area contributed by atoms with Gasteiger partial charge >= 0.3 is 0 Å². The van der Waals surface area contributed by atoms with E-state index in [0.717, 1.165) is 25.3 Å². The van der Waals surface area contributed by atoms with Gasteiger partial charge in [0.1, 0.15) is 0 Å². The number of ether oxygens (including phenoxy) is 1. The van der Waals surface area contributed by atoms with Crippen molar-refractivity contribution in [2.45, 2.75) is 32.4 Å². The molecule has 1 aromatic heterocycles. The molecule has 116 valence electrons. The lowest BCUT2D eigenvalue weighted by molar-refractivity contribution is 0.233. The van der Waals surface area contributed by atoms with Crippen LogP contribution in [-0.2, 0) is 0 Å². The normalized spacial score (nSPS) is 17.8. The number of hydrogen-bond acceptors (Lipinski definition) is 5. The number of aromatic nitrogens is 2. The van der Waals surface area contributed by atoms with Gasteiger partial charge in [0, 0.05) is 37.2 Å².